The van der Waals surface area contributed by atoms with E-state index in [4.69, 9.17) is 4.74 Å². The maximum atomic E-state index is 13.1. The summed E-state index contributed by atoms with van der Waals surface area (Å²) in [7, 11) is 0. The van der Waals surface area contributed by atoms with Crippen molar-refractivity contribution in [3.05, 3.63) is 51.7 Å². The Hall–Kier alpha value is -2.34. The molecule has 1 aromatic heterocycles. The number of thiophene rings is 1. The minimum atomic E-state index is -0.132. The lowest BCUT2D eigenvalue weighted by molar-refractivity contribution is -0.142. The van der Waals surface area contributed by atoms with Crippen LogP contribution in [-0.4, -0.2) is 47.9 Å². The molecule has 0 N–H and O–H groups in total. The van der Waals surface area contributed by atoms with Crippen LogP contribution in [0.1, 0.15) is 62.1 Å². The molecule has 6 heteroatoms. The number of nitrogens with zero attached hydrogens (tertiary/aromatic N) is 2. The first kappa shape index (κ1) is 22.3. The molecule has 5 nitrogen and oxygen atoms in total. The molecule has 0 radical (unpaired) electrons. The van der Waals surface area contributed by atoms with Crippen molar-refractivity contribution in [3.63, 3.8) is 0 Å². The third-order valence-electron chi connectivity index (χ3n) is 5.73. The number of amides is 2. The van der Waals surface area contributed by atoms with E-state index in [9.17, 15) is 9.59 Å². The molecule has 1 aliphatic heterocycles. The zero-order valence-corrected chi connectivity index (χ0v) is 19.2. The summed E-state index contributed by atoms with van der Waals surface area (Å²) in [6, 6.07) is 10.1. The predicted molar refractivity (Wildman–Crippen MR) is 121 cm³/mol. The summed E-state index contributed by atoms with van der Waals surface area (Å²) >= 11 is 1.74. The van der Waals surface area contributed by atoms with Crippen LogP contribution in [0, 0.1) is 0 Å². The highest BCUT2D eigenvalue weighted by Gasteiger charge is 2.33. The highest BCUT2D eigenvalue weighted by molar-refractivity contribution is 7.10. The third kappa shape index (κ3) is 5.04. The smallest absolute Gasteiger partial charge is 0.242 e. The molecule has 162 valence electrons. The van der Waals surface area contributed by atoms with Crippen LogP contribution in [0.4, 0.5) is 0 Å². The maximum absolute atomic E-state index is 13.1. The van der Waals surface area contributed by atoms with Crippen molar-refractivity contribution >= 4 is 23.2 Å². The van der Waals surface area contributed by atoms with Crippen LogP contribution in [0.5, 0.6) is 5.75 Å². The van der Waals surface area contributed by atoms with Gasteiger partial charge in [0.1, 0.15) is 12.4 Å². The molecule has 0 saturated heterocycles. The molecule has 3 rings (SSSR count). The van der Waals surface area contributed by atoms with Gasteiger partial charge in [0.15, 0.2) is 0 Å². The topological polar surface area (TPSA) is 49.9 Å². The average molecular weight is 429 g/mol. The van der Waals surface area contributed by atoms with Crippen molar-refractivity contribution in [2.75, 3.05) is 26.2 Å². The van der Waals surface area contributed by atoms with Crippen molar-refractivity contribution in [2.24, 2.45) is 0 Å². The second-order valence-corrected chi connectivity index (χ2v) is 8.95. The van der Waals surface area contributed by atoms with E-state index in [0.717, 1.165) is 12.2 Å². The summed E-state index contributed by atoms with van der Waals surface area (Å²) in [5.74, 6) is 1.29. The van der Waals surface area contributed by atoms with Gasteiger partial charge in [-0.3, -0.25) is 9.59 Å². The molecule has 0 unspecified atom stereocenters. The SMILES string of the molecule is CCC(=O)N(CC)CC(=O)N1CCc2sccc2[C@@H]1COc1ccc(C(C)C)cc1. The van der Waals surface area contributed by atoms with Crippen LogP contribution in [0.15, 0.2) is 35.7 Å². The quantitative estimate of drug-likeness (QED) is 0.616. The summed E-state index contributed by atoms with van der Waals surface area (Å²) in [4.78, 5) is 30.1. The molecular formula is C24H32N2O3S. The lowest BCUT2D eigenvalue weighted by Gasteiger charge is -2.37. The lowest BCUT2D eigenvalue weighted by Crippen LogP contribution is -2.47. The van der Waals surface area contributed by atoms with E-state index in [0.29, 0.717) is 32.0 Å². The normalized spacial score (nSPS) is 15.8. The van der Waals surface area contributed by atoms with E-state index >= 15 is 0 Å². The number of carbonyl (C=O) groups is 2. The first-order valence-corrected chi connectivity index (χ1v) is 11.7. The van der Waals surface area contributed by atoms with E-state index in [1.807, 2.05) is 30.9 Å². The molecule has 0 bridgehead atoms. The lowest BCUT2D eigenvalue weighted by atomic mass is 10.00. The van der Waals surface area contributed by atoms with Gasteiger partial charge in [0.05, 0.1) is 12.6 Å². The number of carbonyl (C=O) groups excluding carboxylic acids is 2. The molecular weight excluding hydrogens is 396 g/mol. The van der Waals surface area contributed by atoms with Gasteiger partial charge in [0, 0.05) is 24.4 Å². The van der Waals surface area contributed by atoms with E-state index in [2.05, 4.69) is 37.4 Å². The van der Waals surface area contributed by atoms with E-state index in [1.54, 1.807) is 16.2 Å². The highest BCUT2D eigenvalue weighted by atomic mass is 32.1. The first-order chi connectivity index (χ1) is 14.4. The van der Waals surface area contributed by atoms with Gasteiger partial charge in [-0.1, -0.05) is 32.9 Å². The molecule has 2 heterocycles. The standard InChI is InChI=1S/C24H32N2O3S/c1-5-23(27)25(6-2)15-24(28)26-13-11-22-20(12-14-30-22)21(26)16-29-19-9-7-18(8-10-19)17(3)4/h7-10,12,14,17,21H,5-6,11,13,15-16H2,1-4H3/t21-/m0/s1. The summed E-state index contributed by atoms with van der Waals surface area (Å²) in [6.45, 7) is 9.81. The molecule has 0 saturated carbocycles. The number of likely N-dealkylation sites (N-methyl/N-ethyl adjacent to an activating group) is 1. The Morgan fingerprint density at radius 3 is 2.57 bits per heavy atom. The predicted octanol–water partition coefficient (Wildman–Crippen LogP) is 4.63. The van der Waals surface area contributed by atoms with Gasteiger partial charge in [0.25, 0.3) is 0 Å². The zero-order chi connectivity index (χ0) is 21.7. The first-order valence-electron chi connectivity index (χ1n) is 10.8. The fourth-order valence-corrected chi connectivity index (χ4v) is 4.78. The van der Waals surface area contributed by atoms with Crippen LogP contribution in [0.25, 0.3) is 0 Å². The van der Waals surface area contributed by atoms with E-state index in [1.165, 1.54) is 16.0 Å². The van der Waals surface area contributed by atoms with Gasteiger partial charge >= 0.3 is 0 Å². The summed E-state index contributed by atoms with van der Waals surface area (Å²) in [6.07, 6.45) is 1.26. The Balaban J connectivity index is 1.74. The van der Waals surface area contributed by atoms with Gasteiger partial charge in [-0.15, -0.1) is 11.3 Å². The fourth-order valence-electron chi connectivity index (χ4n) is 3.85. The van der Waals surface area contributed by atoms with Gasteiger partial charge in [-0.2, -0.15) is 0 Å². The number of ether oxygens (including phenoxy) is 1. The molecule has 2 aromatic rings. The van der Waals surface area contributed by atoms with Crippen molar-refractivity contribution in [1.29, 1.82) is 0 Å². The average Bonchev–Trinajstić information content (AvgIpc) is 3.24. The molecule has 0 spiro atoms. The minimum Gasteiger partial charge on any atom is -0.491 e. The van der Waals surface area contributed by atoms with Gasteiger partial charge in [-0.05, 0) is 54.0 Å². The van der Waals surface area contributed by atoms with Crippen molar-refractivity contribution in [1.82, 2.24) is 9.80 Å². The number of hydrogen-bond acceptors (Lipinski definition) is 4. The summed E-state index contributed by atoms with van der Waals surface area (Å²) in [5.41, 5.74) is 2.44. The molecule has 0 fully saturated rings. The van der Waals surface area contributed by atoms with Gasteiger partial charge in [0.2, 0.25) is 11.8 Å². The second kappa shape index (κ2) is 10.1. The molecule has 0 aliphatic carbocycles. The fraction of sp³-hybridized carbons (Fsp3) is 0.500. The Bertz CT molecular complexity index is 860. The largest absolute Gasteiger partial charge is 0.491 e. The monoisotopic (exact) mass is 428 g/mol. The van der Waals surface area contributed by atoms with Crippen LogP contribution in [0.3, 0.4) is 0 Å². The molecule has 2 amide bonds. The Morgan fingerprint density at radius 2 is 1.93 bits per heavy atom. The third-order valence-corrected chi connectivity index (χ3v) is 6.73. The Labute approximate surface area is 183 Å². The van der Waals surface area contributed by atoms with Gasteiger partial charge in [-0.25, -0.2) is 0 Å². The number of rotatable bonds is 8. The minimum absolute atomic E-state index is 0.0112. The van der Waals surface area contributed by atoms with Crippen molar-refractivity contribution < 1.29 is 14.3 Å². The molecule has 1 atom stereocenters. The Morgan fingerprint density at radius 1 is 1.20 bits per heavy atom. The zero-order valence-electron chi connectivity index (χ0n) is 18.4. The Kier molecular flexibility index (Phi) is 7.53. The summed E-state index contributed by atoms with van der Waals surface area (Å²) < 4.78 is 6.12. The molecule has 1 aromatic carbocycles. The van der Waals surface area contributed by atoms with Crippen LogP contribution in [-0.2, 0) is 16.0 Å². The van der Waals surface area contributed by atoms with E-state index in [-0.39, 0.29) is 24.4 Å². The second-order valence-electron chi connectivity index (χ2n) is 7.95. The number of hydrogen-bond donors (Lipinski definition) is 0. The number of fused-ring (bicyclic) bond motifs is 1. The van der Waals surface area contributed by atoms with Crippen molar-refractivity contribution in [2.45, 2.75) is 52.5 Å². The van der Waals surface area contributed by atoms with Crippen LogP contribution < -0.4 is 4.74 Å². The van der Waals surface area contributed by atoms with Crippen LogP contribution in [0.2, 0.25) is 0 Å². The molecule has 1 aliphatic rings. The number of benzene rings is 1. The van der Waals surface area contributed by atoms with Crippen LogP contribution >= 0.6 is 11.3 Å². The molecule has 30 heavy (non-hydrogen) atoms. The highest BCUT2D eigenvalue weighted by Crippen LogP contribution is 2.34. The summed E-state index contributed by atoms with van der Waals surface area (Å²) in [5, 5.41) is 2.09. The van der Waals surface area contributed by atoms with Gasteiger partial charge < -0.3 is 14.5 Å². The van der Waals surface area contributed by atoms with Crippen molar-refractivity contribution in [3.8, 4) is 5.75 Å². The maximum Gasteiger partial charge on any atom is 0.242 e. The van der Waals surface area contributed by atoms with E-state index < -0.39 is 0 Å².